The molecule has 0 aliphatic rings. The first kappa shape index (κ1) is 19.1. The second-order valence-electron chi connectivity index (χ2n) is 4.80. The van der Waals surface area contributed by atoms with Gasteiger partial charge >= 0.3 is 11.9 Å². The minimum absolute atomic E-state index is 0.217. The van der Waals surface area contributed by atoms with Crippen molar-refractivity contribution in [2.75, 3.05) is 50.4 Å². The molecule has 3 N–H and O–H groups in total. The van der Waals surface area contributed by atoms with Crippen LogP contribution < -0.4 is 20.7 Å². The van der Waals surface area contributed by atoms with Gasteiger partial charge in [-0.3, -0.25) is 14.4 Å². The number of nitrogen functional groups attached to an aromatic ring is 1. The molecule has 0 aromatic heterocycles. The monoisotopic (exact) mass is 339 g/mol. The largest absolute Gasteiger partial charge is 0.495 e. The average Bonchev–Trinajstić information content (AvgIpc) is 2.54. The van der Waals surface area contributed by atoms with Crippen molar-refractivity contribution in [1.82, 2.24) is 0 Å². The van der Waals surface area contributed by atoms with Crippen molar-refractivity contribution >= 4 is 34.9 Å². The summed E-state index contributed by atoms with van der Waals surface area (Å²) < 4.78 is 14.5. The normalized spacial score (nSPS) is 9.83. The number of hydrogen-bond donors (Lipinski definition) is 2. The second kappa shape index (κ2) is 8.61. The van der Waals surface area contributed by atoms with Crippen LogP contribution in [0.5, 0.6) is 5.75 Å². The molecule has 0 fully saturated rings. The maximum absolute atomic E-state index is 11.6. The van der Waals surface area contributed by atoms with Gasteiger partial charge in [0, 0.05) is 13.0 Å². The van der Waals surface area contributed by atoms with Crippen LogP contribution in [0.4, 0.5) is 17.1 Å². The number of ether oxygens (including phenoxy) is 3. The topological polar surface area (TPSA) is 120 Å². The van der Waals surface area contributed by atoms with E-state index in [2.05, 4.69) is 14.8 Å². The Morgan fingerprint density at radius 1 is 1.08 bits per heavy atom. The fourth-order valence-corrected chi connectivity index (χ4v) is 1.96. The highest BCUT2D eigenvalue weighted by Crippen LogP contribution is 2.35. The Morgan fingerprint density at radius 2 is 1.62 bits per heavy atom. The van der Waals surface area contributed by atoms with E-state index in [1.54, 1.807) is 0 Å². The lowest BCUT2D eigenvalue weighted by atomic mass is 10.2. The number of esters is 2. The first-order chi connectivity index (χ1) is 11.3. The Bertz CT molecular complexity index is 614. The molecule has 9 nitrogen and oxygen atoms in total. The van der Waals surface area contributed by atoms with Crippen LogP contribution in [-0.2, 0) is 23.9 Å². The van der Waals surface area contributed by atoms with Gasteiger partial charge in [0.15, 0.2) is 0 Å². The van der Waals surface area contributed by atoms with E-state index in [-0.39, 0.29) is 24.7 Å². The standard InChI is InChI=1S/C15H21N3O6/c1-9(19)17-11-6-12(13(22-2)5-10(11)16)18(7-14(20)23-3)8-15(21)24-4/h5-6H,7-8,16H2,1-4H3,(H,17,19). The number of nitrogens with two attached hydrogens (primary N) is 1. The van der Waals surface area contributed by atoms with Gasteiger partial charge in [-0.1, -0.05) is 0 Å². The predicted octanol–water partition coefficient (Wildman–Crippen LogP) is 0.388. The van der Waals surface area contributed by atoms with Gasteiger partial charge < -0.3 is 30.2 Å². The minimum Gasteiger partial charge on any atom is -0.495 e. The summed E-state index contributed by atoms with van der Waals surface area (Å²) in [7, 11) is 3.90. The highest BCUT2D eigenvalue weighted by atomic mass is 16.5. The quantitative estimate of drug-likeness (QED) is 0.540. The molecule has 0 atom stereocenters. The molecule has 0 heterocycles. The summed E-state index contributed by atoms with van der Waals surface area (Å²) in [5, 5.41) is 2.58. The molecule has 24 heavy (non-hydrogen) atoms. The van der Waals surface area contributed by atoms with Gasteiger partial charge in [0.2, 0.25) is 5.91 Å². The molecule has 0 saturated carbocycles. The fraction of sp³-hybridized carbons (Fsp3) is 0.400. The molecule has 0 spiro atoms. The van der Waals surface area contributed by atoms with Crippen molar-refractivity contribution in [3.63, 3.8) is 0 Å². The van der Waals surface area contributed by atoms with E-state index in [4.69, 9.17) is 10.5 Å². The second-order valence-corrected chi connectivity index (χ2v) is 4.80. The van der Waals surface area contributed by atoms with Crippen molar-refractivity contribution in [3.8, 4) is 5.75 Å². The fourth-order valence-electron chi connectivity index (χ4n) is 1.96. The zero-order valence-electron chi connectivity index (χ0n) is 14.0. The van der Waals surface area contributed by atoms with E-state index in [0.29, 0.717) is 17.1 Å². The number of carbonyl (C=O) groups is 3. The van der Waals surface area contributed by atoms with Crippen LogP contribution in [0.25, 0.3) is 0 Å². The van der Waals surface area contributed by atoms with Crippen LogP contribution in [0, 0.1) is 0 Å². The third-order valence-corrected chi connectivity index (χ3v) is 3.10. The van der Waals surface area contributed by atoms with Gasteiger partial charge in [-0.2, -0.15) is 0 Å². The number of amides is 1. The number of nitrogens with zero attached hydrogens (tertiary/aromatic N) is 1. The van der Waals surface area contributed by atoms with Crippen molar-refractivity contribution in [1.29, 1.82) is 0 Å². The number of nitrogens with one attached hydrogen (secondary N) is 1. The summed E-state index contributed by atoms with van der Waals surface area (Å²) in [6.45, 7) is 0.904. The molecule has 1 amide bonds. The Kier molecular flexibility index (Phi) is 6.84. The number of methoxy groups -OCH3 is 3. The summed E-state index contributed by atoms with van der Waals surface area (Å²) in [6, 6.07) is 3.00. The maximum Gasteiger partial charge on any atom is 0.325 e. The Labute approximate surface area is 139 Å². The van der Waals surface area contributed by atoms with Crippen LogP contribution in [-0.4, -0.2) is 52.3 Å². The molecule has 0 saturated heterocycles. The number of rotatable bonds is 7. The van der Waals surface area contributed by atoms with Gasteiger partial charge in [-0.05, 0) is 6.07 Å². The molecular formula is C15H21N3O6. The van der Waals surface area contributed by atoms with Crippen LogP contribution >= 0.6 is 0 Å². The number of benzene rings is 1. The lowest BCUT2D eigenvalue weighted by Gasteiger charge is -2.25. The van der Waals surface area contributed by atoms with Crippen molar-refractivity contribution in [2.24, 2.45) is 0 Å². The molecule has 0 bridgehead atoms. The molecule has 1 aromatic rings. The number of hydrogen-bond acceptors (Lipinski definition) is 8. The van der Waals surface area contributed by atoms with Crippen molar-refractivity contribution in [2.45, 2.75) is 6.92 Å². The van der Waals surface area contributed by atoms with Crippen molar-refractivity contribution < 1.29 is 28.6 Å². The van der Waals surface area contributed by atoms with Crippen LogP contribution in [0.2, 0.25) is 0 Å². The third-order valence-electron chi connectivity index (χ3n) is 3.10. The van der Waals surface area contributed by atoms with E-state index < -0.39 is 11.9 Å². The summed E-state index contributed by atoms with van der Waals surface area (Å²) in [5.74, 6) is -1.10. The average molecular weight is 339 g/mol. The smallest absolute Gasteiger partial charge is 0.325 e. The van der Waals surface area contributed by atoms with E-state index in [0.717, 1.165) is 0 Å². The molecule has 1 aromatic carbocycles. The van der Waals surface area contributed by atoms with Gasteiger partial charge in [0.25, 0.3) is 0 Å². The minimum atomic E-state index is -0.557. The molecular weight excluding hydrogens is 318 g/mol. The van der Waals surface area contributed by atoms with Gasteiger partial charge in [0.05, 0.1) is 38.4 Å². The molecule has 1 rings (SSSR count). The van der Waals surface area contributed by atoms with E-state index >= 15 is 0 Å². The summed E-state index contributed by atoms with van der Waals surface area (Å²) in [4.78, 5) is 36.0. The predicted molar refractivity (Wildman–Crippen MR) is 88.0 cm³/mol. The lowest BCUT2D eigenvalue weighted by Crippen LogP contribution is -2.36. The van der Waals surface area contributed by atoms with E-state index in [1.807, 2.05) is 0 Å². The Hall–Kier alpha value is -2.97. The highest BCUT2D eigenvalue weighted by Gasteiger charge is 2.21. The molecule has 9 heteroatoms. The zero-order chi connectivity index (χ0) is 18.3. The number of carbonyl (C=O) groups excluding carboxylic acids is 3. The highest BCUT2D eigenvalue weighted by molar-refractivity contribution is 5.94. The van der Waals surface area contributed by atoms with Gasteiger partial charge in [-0.25, -0.2) is 0 Å². The van der Waals surface area contributed by atoms with Crippen LogP contribution in [0.1, 0.15) is 6.92 Å². The first-order valence-corrected chi connectivity index (χ1v) is 6.96. The van der Waals surface area contributed by atoms with Crippen molar-refractivity contribution in [3.05, 3.63) is 12.1 Å². The van der Waals surface area contributed by atoms with E-state index in [1.165, 1.54) is 45.3 Å². The van der Waals surface area contributed by atoms with E-state index in [9.17, 15) is 14.4 Å². The SMILES string of the molecule is COC(=O)CN(CC(=O)OC)c1cc(NC(C)=O)c(N)cc1OC. The molecule has 132 valence electrons. The third kappa shape index (κ3) is 5.04. The maximum atomic E-state index is 11.6. The Balaban J connectivity index is 3.33. The number of anilines is 3. The Morgan fingerprint density at radius 3 is 2.04 bits per heavy atom. The first-order valence-electron chi connectivity index (χ1n) is 6.96. The summed E-state index contributed by atoms with van der Waals surface area (Å²) >= 11 is 0. The lowest BCUT2D eigenvalue weighted by molar-refractivity contribution is -0.140. The molecule has 0 unspecified atom stereocenters. The molecule has 0 aliphatic carbocycles. The summed E-state index contributed by atoms with van der Waals surface area (Å²) in [6.07, 6.45) is 0. The van der Waals surface area contributed by atoms with Gasteiger partial charge in [0.1, 0.15) is 18.8 Å². The zero-order valence-corrected chi connectivity index (χ0v) is 14.0. The molecule has 0 radical (unpaired) electrons. The molecule has 0 aliphatic heterocycles. The summed E-state index contributed by atoms with van der Waals surface area (Å²) in [5.41, 5.74) is 6.86. The van der Waals surface area contributed by atoms with Gasteiger partial charge in [-0.15, -0.1) is 0 Å². The van der Waals surface area contributed by atoms with Crippen LogP contribution in [0.15, 0.2) is 12.1 Å². The van der Waals surface area contributed by atoms with Crippen LogP contribution in [0.3, 0.4) is 0 Å².